The van der Waals surface area contributed by atoms with E-state index < -0.39 is 54.3 Å². The van der Waals surface area contributed by atoms with Gasteiger partial charge in [-0.3, -0.25) is 24.0 Å². The molecule has 0 aromatic heterocycles. The summed E-state index contributed by atoms with van der Waals surface area (Å²) in [5, 5.41) is 13.6. The molecule has 168 valence electrons. The highest BCUT2D eigenvalue weighted by molar-refractivity contribution is 5.95. The van der Waals surface area contributed by atoms with Crippen molar-refractivity contribution in [2.75, 3.05) is 13.1 Å². The van der Waals surface area contributed by atoms with Gasteiger partial charge >= 0.3 is 5.97 Å². The molecule has 4 amide bonds. The second kappa shape index (κ2) is 11.1. The van der Waals surface area contributed by atoms with Crippen molar-refractivity contribution in [2.24, 2.45) is 11.5 Å². The van der Waals surface area contributed by atoms with Gasteiger partial charge in [0.15, 0.2) is 0 Å². The van der Waals surface area contributed by atoms with Crippen molar-refractivity contribution in [3.8, 4) is 0 Å². The Bertz CT molecular complexity index is 831. The number of rotatable bonds is 10. The zero-order valence-electron chi connectivity index (χ0n) is 17.0. The standard InChI is InChI=1S/C20H27N5O6/c21-13(10-16(22)26)18(29)24-14(9-12-5-2-1-3-6-12)20(31)25-8-4-7-15(25)19(30)23-11-17(27)28/h1-3,5-6,13-15H,4,7-11,21H2,(H2,22,26)(H,23,30)(H,24,29)(H,27,28). The fourth-order valence-electron chi connectivity index (χ4n) is 3.42. The van der Waals surface area contributed by atoms with Gasteiger partial charge in [0, 0.05) is 13.0 Å². The van der Waals surface area contributed by atoms with Gasteiger partial charge in [-0.1, -0.05) is 30.3 Å². The quantitative estimate of drug-likeness (QED) is 0.285. The minimum atomic E-state index is -1.21. The fourth-order valence-corrected chi connectivity index (χ4v) is 3.42. The normalized spacial score (nSPS) is 17.5. The Morgan fingerprint density at radius 3 is 2.45 bits per heavy atom. The summed E-state index contributed by atoms with van der Waals surface area (Å²) in [5.41, 5.74) is 11.6. The zero-order chi connectivity index (χ0) is 23.0. The highest BCUT2D eigenvalue weighted by Crippen LogP contribution is 2.20. The number of aliphatic carboxylic acids is 1. The van der Waals surface area contributed by atoms with Crippen molar-refractivity contribution in [3.05, 3.63) is 35.9 Å². The smallest absolute Gasteiger partial charge is 0.322 e. The third-order valence-corrected chi connectivity index (χ3v) is 4.91. The molecule has 11 heteroatoms. The van der Waals surface area contributed by atoms with E-state index in [0.717, 1.165) is 5.56 Å². The number of carbonyl (C=O) groups is 5. The molecule has 1 saturated heterocycles. The lowest BCUT2D eigenvalue weighted by Crippen LogP contribution is -2.56. The van der Waals surface area contributed by atoms with Gasteiger partial charge in [-0.15, -0.1) is 0 Å². The average molecular weight is 433 g/mol. The Kier molecular flexibility index (Phi) is 8.50. The number of benzene rings is 1. The Morgan fingerprint density at radius 1 is 1.16 bits per heavy atom. The lowest BCUT2D eigenvalue weighted by molar-refractivity contribution is -0.142. The first-order valence-corrected chi connectivity index (χ1v) is 9.87. The maximum absolute atomic E-state index is 13.3. The molecule has 0 aliphatic carbocycles. The van der Waals surface area contributed by atoms with Crippen LogP contribution in [0.5, 0.6) is 0 Å². The van der Waals surface area contributed by atoms with Gasteiger partial charge in [0.25, 0.3) is 0 Å². The van der Waals surface area contributed by atoms with Crippen molar-refractivity contribution < 1.29 is 29.1 Å². The van der Waals surface area contributed by atoms with E-state index >= 15 is 0 Å². The van der Waals surface area contributed by atoms with Crippen LogP contribution < -0.4 is 22.1 Å². The SMILES string of the molecule is NC(=O)CC(N)C(=O)NC(Cc1ccccc1)C(=O)N1CCCC1C(=O)NCC(=O)O. The number of carbonyl (C=O) groups excluding carboxylic acids is 4. The van der Waals surface area contributed by atoms with Crippen molar-refractivity contribution >= 4 is 29.6 Å². The zero-order valence-corrected chi connectivity index (χ0v) is 17.0. The van der Waals surface area contributed by atoms with Crippen LogP contribution in [-0.2, 0) is 30.4 Å². The second-order valence-corrected chi connectivity index (χ2v) is 7.33. The van der Waals surface area contributed by atoms with Crippen LogP contribution in [0.25, 0.3) is 0 Å². The summed E-state index contributed by atoms with van der Waals surface area (Å²) in [6.07, 6.45) is 0.713. The molecule has 3 unspecified atom stereocenters. The van der Waals surface area contributed by atoms with Gasteiger partial charge < -0.3 is 32.1 Å². The van der Waals surface area contributed by atoms with Crippen LogP contribution >= 0.6 is 0 Å². The summed E-state index contributed by atoms with van der Waals surface area (Å²) in [7, 11) is 0. The monoisotopic (exact) mass is 433 g/mol. The van der Waals surface area contributed by atoms with E-state index in [1.807, 2.05) is 6.07 Å². The van der Waals surface area contributed by atoms with Crippen LogP contribution in [0.3, 0.4) is 0 Å². The van der Waals surface area contributed by atoms with Crippen LogP contribution in [0.1, 0.15) is 24.8 Å². The summed E-state index contributed by atoms with van der Waals surface area (Å²) in [4.78, 5) is 61.2. The average Bonchev–Trinajstić information content (AvgIpc) is 3.21. The molecule has 0 radical (unpaired) electrons. The van der Waals surface area contributed by atoms with E-state index in [-0.39, 0.29) is 12.8 Å². The Hall–Kier alpha value is -3.47. The number of nitrogens with two attached hydrogens (primary N) is 2. The fraction of sp³-hybridized carbons (Fsp3) is 0.450. The number of carboxylic acids is 1. The maximum Gasteiger partial charge on any atom is 0.322 e. The number of amides is 4. The van der Waals surface area contributed by atoms with Crippen LogP contribution in [0.2, 0.25) is 0 Å². The third-order valence-electron chi connectivity index (χ3n) is 4.91. The van der Waals surface area contributed by atoms with E-state index in [1.165, 1.54) is 4.90 Å². The van der Waals surface area contributed by atoms with Gasteiger partial charge in [0.05, 0.1) is 12.5 Å². The molecular weight excluding hydrogens is 406 g/mol. The van der Waals surface area contributed by atoms with Gasteiger partial charge in [0.2, 0.25) is 23.6 Å². The predicted octanol–water partition coefficient (Wildman–Crippen LogP) is -1.89. The molecule has 1 fully saturated rings. The van der Waals surface area contributed by atoms with Crippen molar-refractivity contribution in [1.29, 1.82) is 0 Å². The molecule has 0 spiro atoms. The van der Waals surface area contributed by atoms with Crippen LogP contribution in [-0.4, -0.2) is 70.8 Å². The first-order chi connectivity index (χ1) is 14.7. The van der Waals surface area contributed by atoms with Crippen LogP contribution in [0, 0.1) is 0 Å². The second-order valence-electron chi connectivity index (χ2n) is 7.33. The van der Waals surface area contributed by atoms with Crippen molar-refractivity contribution in [1.82, 2.24) is 15.5 Å². The molecule has 1 heterocycles. The van der Waals surface area contributed by atoms with Gasteiger partial charge in [-0.25, -0.2) is 0 Å². The number of hydrogen-bond acceptors (Lipinski definition) is 6. The molecule has 0 bridgehead atoms. The molecule has 7 N–H and O–H groups in total. The molecular formula is C20H27N5O6. The number of nitrogens with zero attached hydrogens (tertiary/aromatic N) is 1. The van der Waals surface area contributed by atoms with Crippen molar-refractivity contribution in [2.45, 2.75) is 43.8 Å². The molecule has 1 aromatic carbocycles. The van der Waals surface area contributed by atoms with E-state index in [4.69, 9.17) is 16.6 Å². The minimum Gasteiger partial charge on any atom is -0.480 e. The summed E-state index contributed by atoms with van der Waals surface area (Å²) in [6, 6.07) is 5.89. The third kappa shape index (κ3) is 7.07. The summed E-state index contributed by atoms with van der Waals surface area (Å²) >= 11 is 0. The topological polar surface area (TPSA) is 185 Å². The van der Waals surface area contributed by atoms with Crippen LogP contribution in [0.15, 0.2) is 30.3 Å². The Labute approximate surface area is 179 Å². The number of nitrogens with one attached hydrogen (secondary N) is 2. The number of likely N-dealkylation sites (tertiary alicyclic amines) is 1. The summed E-state index contributed by atoms with van der Waals surface area (Å²) < 4.78 is 0. The number of hydrogen-bond donors (Lipinski definition) is 5. The predicted molar refractivity (Wildman–Crippen MR) is 109 cm³/mol. The largest absolute Gasteiger partial charge is 0.480 e. The highest BCUT2D eigenvalue weighted by atomic mass is 16.4. The number of primary amides is 1. The van der Waals surface area contributed by atoms with E-state index in [0.29, 0.717) is 19.4 Å². The Morgan fingerprint density at radius 2 is 1.84 bits per heavy atom. The van der Waals surface area contributed by atoms with Gasteiger partial charge in [0.1, 0.15) is 18.6 Å². The maximum atomic E-state index is 13.3. The first kappa shape index (κ1) is 23.8. The lowest BCUT2D eigenvalue weighted by Gasteiger charge is -2.29. The first-order valence-electron chi connectivity index (χ1n) is 9.87. The summed E-state index contributed by atoms with van der Waals surface area (Å²) in [5.74, 6) is -3.70. The molecule has 31 heavy (non-hydrogen) atoms. The molecule has 1 aliphatic rings. The Balaban J connectivity index is 2.17. The number of carboxylic acid groups (broad SMARTS) is 1. The van der Waals surface area contributed by atoms with E-state index in [9.17, 15) is 24.0 Å². The minimum absolute atomic E-state index is 0.147. The molecule has 3 atom stereocenters. The van der Waals surface area contributed by atoms with E-state index in [2.05, 4.69) is 10.6 Å². The molecule has 11 nitrogen and oxygen atoms in total. The molecule has 1 aromatic rings. The summed E-state index contributed by atoms with van der Waals surface area (Å²) in [6.45, 7) is -0.262. The molecule has 2 rings (SSSR count). The van der Waals surface area contributed by atoms with Gasteiger partial charge in [-0.2, -0.15) is 0 Å². The molecule has 1 aliphatic heterocycles. The van der Waals surface area contributed by atoms with Crippen LogP contribution in [0.4, 0.5) is 0 Å². The van der Waals surface area contributed by atoms with E-state index in [1.54, 1.807) is 24.3 Å². The highest BCUT2D eigenvalue weighted by Gasteiger charge is 2.38. The van der Waals surface area contributed by atoms with Crippen molar-refractivity contribution in [3.63, 3.8) is 0 Å². The lowest BCUT2D eigenvalue weighted by atomic mass is 10.0. The molecule has 0 saturated carbocycles. The van der Waals surface area contributed by atoms with Gasteiger partial charge in [-0.05, 0) is 18.4 Å².